The smallest absolute Gasteiger partial charge is 0.246 e. The summed E-state index contributed by atoms with van der Waals surface area (Å²) >= 11 is 0. The number of benzene rings is 1. The van der Waals surface area contributed by atoms with Crippen LogP contribution in [0.4, 0.5) is 11.4 Å². The second-order valence-electron chi connectivity index (χ2n) is 8.21. The summed E-state index contributed by atoms with van der Waals surface area (Å²) in [6.07, 6.45) is 7.42. The molecule has 30 heavy (non-hydrogen) atoms. The molecule has 1 aromatic rings. The Morgan fingerprint density at radius 1 is 1.17 bits per heavy atom. The van der Waals surface area contributed by atoms with E-state index >= 15 is 0 Å². The van der Waals surface area contributed by atoms with Crippen LogP contribution >= 0.6 is 24.8 Å². The van der Waals surface area contributed by atoms with Crippen LogP contribution in [0.3, 0.4) is 0 Å². The van der Waals surface area contributed by atoms with Crippen molar-refractivity contribution in [2.24, 2.45) is 11.7 Å². The highest BCUT2D eigenvalue weighted by molar-refractivity contribution is 5.97. The maximum Gasteiger partial charge on any atom is 0.246 e. The molecule has 1 saturated carbocycles. The SMILES string of the molecule is CCCC(NC(=O)C1CCCC(N)C1)C(=O)Nc1cccc(N2CCCC2)c1.Cl.Cl. The molecule has 0 bridgehead atoms. The van der Waals surface area contributed by atoms with Crippen molar-refractivity contribution in [2.45, 2.75) is 70.4 Å². The van der Waals surface area contributed by atoms with Crippen LogP contribution in [0.25, 0.3) is 0 Å². The van der Waals surface area contributed by atoms with Crippen LogP contribution < -0.4 is 21.3 Å². The van der Waals surface area contributed by atoms with Gasteiger partial charge < -0.3 is 21.3 Å². The lowest BCUT2D eigenvalue weighted by Crippen LogP contribution is -2.47. The summed E-state index contributed by atoms with van der Waals surface area (Å²) in [6.45, 7) is 4.15. The van der Waals surface area contributed by atoms with Crippen LogP contribution in [-0.4, -0.2) is 37.0 Å². The molecule has 3 unspecified atom stereocenters. The number of nitrogens with one attached hydrogen (secondary N) is 2. The molecule has 2 aliphatic rings. The van der Waals surface area contributed by atoms with Gasteiger partial charge in [0.2, 0.25) is 11.8 Å². The molecule has 1 heterocycles. The van der Waals surface area contributed by atoms with Gasteiger partial charge >= 0.3 is 0 Å². The molecule has 2 amide bonds. The molecule has 0 spiro atoms. The minimum absolute atomic E-state index is 0. The third-order valence-corrected chi connectivity index (χ3v) is 5.88. The van der Waals surface area contributed by atoms with Crippen LogP contribution in [0.1, 0.15) is 58.3 Å². The Balaban J connectivity index is 0.00000225. The van der Waals surface area contributed by atoms with Crippen LogP contribution in [0, 0.1) is 5.92 Å². The summed E-state index contributed by atoms with van der Waals surface area (Å²) < 4.78 is 0. The summed E-state index contributed by atoms with van der Waals surface area (Å²) in [5.74, 6) is -0.252. The molecule has 3 rings (SSSR count). The van der Waals surface area contributed by atoms with Gasteiger partial charge in [0.1, 0.15) is 6.04 Å². The average molecular weight is 459 g/mol. The molecule has 1 aliphatic heterocycles. The van der Waals surface area contributed by atoms with E-state index in [1.165, 1.54) is 12.8 Å². The number of halogens is 2. The molecule has 1 saturated heterocycles. The topological polar surface area (TPSA) is 87.5 Å². The molecular weight excluding hydrogens is 423 g/mol. The van der Waals surface area contributed by atoms with E-state index in [0.717, 1.165) is 50.1 Å². The first-order chi connectivity index (χ1) is 13.6. The van der Waals surface area contributed by atoms with Crippen LogP contribution in [-0.2, 0) is 9.59 Å². The maximum atomic E-state index is 12.9. The molecular formula is C22H36Cl2N4O2. The Hall–Kier alpha value is -1.50. The molecule has 8 heteroatoms. The van der Waals surface area contributed by atoms with E-state index in [2.05, 4.69) is 21.6 Å². The Morgan fingerprint density at radius 3 is 2.57 bits per heavy atom. The van der Waals surface area contributed by atoms with Crippen LogP contribution in [0.5, 0.6) is 0 Å². The highest BCUT2D eigenvalue weighted by Gasteiger charge is 2.28. The van der Waals surface area contributed by atoms with Crippen molar-refractivity contribution in [3.05, 3.63) is 24.3 Å². The molecule has 0 aromatic heterocycles. The van der Waals surface area contributed by atoms with Gasteiger partial charge in [0.25, 0.3) is 0 Å². The van der Waals surface area contributed by atoms with Gasteiger partial charge in [-0.25, -0.2) is 0 Å². The largest absolute Gasteiger partial charge is 0.371 e. The average Bonchev–Trinajstić information content (AvgIpc) is 3.22. The Bertz CT molecular complexity index is 683. The number of hydrogen-bond acceptors (Lipinski definition) is 4. The summed E-state index contributed by atoms with van der Waals surface area (Å²) in [7, 11) is 0. The number of nitrogens with zero attached hydrogens (tertiary/aromatic N) is 1. The highest BCUT2D eigenvalue weighted by Crippen LogP contribution is 2.25. The van der Waals surface area contributed by atoms with E-state index < -0.39 is 6.04 Å². The Morgan fingerprint density at radius 2 is 1.90 bits per heavy atom. The van der Waals surface area contributed by atoms with Gasteiger partial charge in [-0.15, -0.1) is 24.8 Å². The highest BCUT2D eigenvalue weighted by atomic mass is 35.5. The van der Waals surface area contributed by atoms with Gasteiger partial charge in [-0.2, -0.15) is 0 Å². The zero-order chi connectivity index (χ0) is 19.9. The standard InChI is InChI=1S/C22H34N4O2.2ClH/c1-2-7-20(25-21(27)16-8-5-9-17(23)14-16)22(28)24-18-10-6-11-19(15-18)26-12-3-4-13-26;;/h6,10-11,15-17,20H,2-5,7-9,12-14,23H2,1H3,(H,24,28)(H,25,27);2*1H. The predicted octanol–water partition coefficient (Wildman–Crippen LogP) is 3.87. The van der Waals surface area contributed by atoms with E-state index in [1.54, 1.807) is 0 Å². The second kappa shape index (κ2) is 13.0. The Labute approximate surface area is 192 Å². The molecule has 170 valence electrons. The first-order valence-corrected chi connectivity index (χ1v) is 10.8. The summed E-state index contributed by atoms with van der Waals surface area (Å²) in [6, 6.07) is 7.57. The summed E-state index contributed by atoms with van der Waals surface area (Å²) in [4.78, 5) is 27.9. The van der Waals surface area contributed by atoms with Gasteiger partial charge in [-0.3, -0.25) is 9.59 Å². The number of nitrogens with two attached hydrogens (primary N) is 1. The van der Waals surface area contributed by atoms with Crippen LogP contribution in [0.2, 0.25) is 0 Å². The third-order valence-electron chi connectivity index (χ3n) is 5.88. The van der Waals surface area contributed by atoms with Gasteiger partial charge in [0.05, 0.1) is 0 Å². The molecule has 1 aromatic carbocycles. The van der Waals surface area contributed by atoms with Crippen molar-refractivity contribution >= 4 is 48.0 Å². The fourth-order valence-electron chi connectivity index (χ4n) is 4.30. The Kier molecular flexibility index (Phi) is 11.5. The van der Waals surface area contributed by atoms with Crippen molar-refractivity contribution in [1.82, 2.24) is 5.32 Å². The fraction of sp³-hybridized carbons (Fsp3) is 0.636. The van der Waals surface area contributed by atoms with Gasteiger partial charge in [-0.05, 0) is 56.7 Å². The van der Waals surface area contributed by atoms with Gasteiger partial charge in [0.15, 0.2) is 0 Å². The molecule has 1 aliphatic carbocycles. The lowest BCUT2D eigenvalue weighted by atomic mass is 9.85. The molecule has 2 fully saturated rings. The summed E-state index contributed by atoms with van der Waals surface area (Å²) in [5.41, 5.74) is 7.94. The zero-order valence-corrected chi connectivity index (χ0v) is 19.4. The number of amides is 2. The number of anilines is 2. The van der Waals surface area contributed by atoms with E-state index in [9.17, 15) is 9.59 Å². The van der Waals surface area contributed by atoms with E-state index in [-0.39, 0.29) is 48.6 Å². The molecule has 0 radical (unpaired) electrons. The van der Waals surface area contributed by atoms with Crippen molar-refractivity contribution in [3.63, 3.8) is 0 Å². The lowest BCUT2D eigenvalue weighted by Gasteiger charge is -2.27. The zero-order valence-electron chi connectivity index (χ0n) is 17.8. The maximum absolute atomic E-state index is 12.9. The van der Waals surface area contributed by atoms with Crippen molar-refractivity contribution < 1.29 is 9.59 Å². The predicted molar refractivity (Wildman–Crippen MR) is 128 cm³/mol. The molecule has 6 nitrogen and oxygen atoms in total. The first-order valence-electron chi connectivity index (χ1n) is 10.8. The van der Waals surface area contributed by atoms with E-state index in [1.807, 2.05) is 25.1 Å². The van der Waals surface area contributed by atoms with Gasteiger partial charge in [-0.1, -0.05) is 25.8 Å². The number of hydrogen-bond donors (Lipinski definition) is 3. The minimum Gasteiger partial charge on any atom is -0.371 e. The molecule has 4 N–H and O–H groups in total. The monoisotopic (exact) mass is 458 g/mol. The van der Waals surface area contributed by atoms with Crippen molar-refractivity contribution in [3.8, 4) is 0 Å². The second-order valence-corrected chi connectivity index (χ2v) is 8.21. The normalized spacial score (nSPS) is 21.7. The van der Waals surface area contributed by atoms with Gasteiger partial charge in [0, 0.05) is 36.4 Å². The minimum atomic E-state index is -0.508. The third kappa shape index (κ3) is 7.33. The number of carbonyl (C=O) groups excluding carboxylic acids is 2. The lowest BCUT2D eigenvalue weighted by molar-refractivity contribution is -0.130. The number of carbonyl (C=O) groups is 2. The quantitative estimate of drug-likeness (QED) is 0.578. The van der Waals surface area contributed by atoms with Crippen LogP contribution in [0.15, 0.2) is 24.3 Å². The first kappa shape index (κ1) is 26.5. The van der Waals surface area contributed by atoms with E-state index in [4.69, 9.17) is 5.73 Å². The van der Waals surface area contributed by atoms with E-state index in [0.29, 0.717) is 12.8 Å². The van der Waals surface area contributed by atoms with Crippen molar-refractivity contribution in [2.75, 3.05) is 23.3 Å². The van der Waals surface area contributed by atoms with Crippen molar-refractivity contribution in [1.29, 1.82) is 0 Å². The number of rotatable bonds is 7. The fourth-order valence-corrected chi connectivity index (χ4v) is 4.30. The summed E-state index contributed by atoms with van der Waals surface area (Å²) in [5, 5.41) is 5.98. The molecule has 3 atom stereocenters.